The highest BCUT2D eigenvalue weighted by Crippen LogP contribution is 2.18. The minimum absolute atomic E-state index is 0. The van der Waals surface area contributed by atoms with Crippen LogP contribution in [0.1, 0.15) is 25.7 Å². The molecule has 0 aromatic carbocycles. The zero-order valence-electron chi connectivity index (χ0n) is 7.41. The number of Topliss-reactive ketones (excluding diaryl/α,β-unsaturated/α-hetero) is 1. The van der Waals surface area contributed by atoms with Crippen LogP contribution in [0.2, 0.25) is 0 Å². The summed E-state index contributed by atoms with van der Waals surface area (Å²) in [5.41, 5.74) is 5.21. The van der Waals surface area contributed by atoms with Crippen LogP contribution in [-0.2, 0) is 9.59 Å². The van der Waals surface area contributed by atoms with E-state index in [0.717, 1.165) is 12.8 Å². The van der Waals surface area contributed by atoms with Crippen molar-refractivity contribution in [3.8, 4) is 0 Å². The third-order valence-electron chi connectivity index (χ3n) is 1.77. The number of rotatable bonds is 5. The van der Waals surface area contributed by atoms with Crippen LogP contribution < -0.4 is 11.1 Å². The van der Waals surface area contributed by atoms with Crippen molar-refractivity contribution >= 4 is 24.1 Å². The summed E-state index contributed by atoms with van der Waals surface area (Å²) in [6.45, 7) is 0.461. The Morgan fingerprint density at radius 3 is 2.46 bits per heavy atom. The van der Waals surface area contributed by atoms with Crippen molar-refractivity contribution in [2.24, 2.45) is 5.73 Å². The van der Waals surface area contributed by atoms with E-state index in [1.165, 1.54) is 0 Å². The van der Waals surface area contributed by atoms with Gasteiger partial charge in [-0.3, -0.25) is 9.59 Å². The molecule has 0 aromatic rings. The van der Waals surface area contributed by atoms with E-state index in [9.17, 15) is 9.59 Å². The van der Waals surface area contributed by atoms with Crippen LogP contribution in [-0.4, -0.2) is 24.3 Å². The van der Waals surface area contributed by atoms with E-state index < -0.39 is 5.91 Å². The number of carbonyl (C=O) groups is 2. The molecular weight excluding hydrogens is 192 g/mol. The highest BCUT2D eigenvalue weighted by Gasteiger charge is 2.25. The Morgan fingerprint density at radius 2 is 2.00 bits per heavy atom. The van der Waals surface area contributed by atoms with Gasteiger partial charge in [0.1, 0.15) is 0 Å². The maximum atomic E-state index is 11.0. The van der Waals surface area contributed by atoms with E-state index in [-0.39, 0.29) is 30.7 Å². The molecule has 1 fully saturated rings. The van der Waals surface area contributed by atoms with Crippen LogP contribution in [0.3, 0.4) is 0 Å². The molecule has 1 aliphatic rings. The van der Waals surface area contributed by atoms with E-state index in [1.807, 2.05) is 0 Å². The lowest BCUT2D eigenvalue weighted by atomic mass is 10.2. The van der Waals surface area contributed by atoms with Gasteiger partial charge in [-0.05, 0) is 25.8 Å². The zero-order valence-corrected chi connectivity index (χ0v) is 8.23. The second-order valence-corrected chi connectivity index (χ2v) is 3.06. The third kappa shape index (κ3) is 4.85. The van der Waals surface area contributed by atoms with Gasteiger partial charge in [0.25, 0.3) is 5.91 Å². The van der Waals surface area contributed by atoms with Crippen LogP contribution in [0.5, 0.6) is 0 Å². The summed E-state index contributed by atoms with van der Waals surface area (Å²) in [7, 11) is 0. The van der Waals surface area contributed by atoms with Crippen molar-refractivity contribution in [1.82, 2.24) is 5.32 Å². The number of hydrogen-bond donors (Lipinski definition) is 2. The number of nitrogens with two attached hydrogens (primary N) is 1. The molecule has 1 amide bonds. The molecule has 3 N–H and O–H groups in total. The minimum Gasteiger partial charge on any atom is -0.347 e. The Labute approximate surface area is 83.7 Å². The lowest BCUT2D eigenvalue weighted by Gasteiger charge is -2.00. The number of halogens is 1. The standard InChI is InChI=1S/C8H14N2O2.ClH/c9-5-1-2-7(11)8(12)10-6-3-4-6;/h6H,1-5,9H2,(H,10,12);1H. The number of amides is 1. The summed E-state index contributed by atoms with van der Waals surface area (Å²) < 4.78 is 0. The van der Waals surface area contributed by atoms with Gasteiger partial charge < -0.3 is 11.1 Å². The SMILES string of the molecule is Cl.NCCCC(=O)C(=O)NC1CC1. The van der Waals surface area contributed by atoms with Gasteiger partial charge in [-0.1, -0.05) is 0 Å². The molecule has 0 bridgehead atoms. The molecule has 1 aliphatic carbocycles. The molecule has 5 heteroatoms. The third-order valence-corrected chi connectivity index (χ3v) is 1.77. The molecule has 76 valence electrons. The van der Waals surface area contributed by atoms with Gasteiger partial charge in [0.05, 0.1) is 0 Å². The van der Waals surface area contributed by atoms with Crippen molar-refractivity contribution in [3.63, 3.8) is 0 Å². The van der Waals surface area contributed by atoms with E-state index >= 15 is 0 Å². The normalized spacial score (nSPS) is 14.5. The minimum atomic E-state index is -0.439. The van der Waals surface area contributed by atoms with Crippen LogP contribution in [0, 0.1) is 0 Å². The maximum absolute atomic E-state index is 11.0. The lowest BCUT2D eigenvalue weighted by Crippen LogP contribution is -2.32. The summed E-state index contributed by atoms with van der Waals surface area (Å²) in [6.07, 6.45) is 2.89. The Kier molecular flexibility index (Phi) is 5.66. The second-order valence-electron chi connectivity index (χ2n) is 3.06. The summed E-state index contributed by atoms with van der Waals surface area (Å²) in [4.78, 5) is 22.0. The van der Waals surface area contributed by atoms with E-state index in [4.69, 9.17) is 5.73 Å². The number of ketones is 1. The Hall–Kier alpha value is -0.610. The molecule has 0 atom stereocenters. The fraction of sp³-hybridized carbons (Fsp3) is 0.750. The first-order chi connectivity index (χ1) is 5.74. The summed E-state index contributed by atoms with van der Waals surface area (Å²) in [5.74, 6) is -0.779. The monoisotopic (exact) mass is 206 g/mol. The molecule has 0 heterocycles. The van der Waals surface area contributed by atoms with Crippen LogP contribution >= 0.6 is 12.4 Å². The summed E-state index contributed by atoms with van der Waals surface area (Å²) >= 11 is 0. The smallest absolute Gasteiger partial charge is 0.287 e. The zero-order chi connectivity index (χ0) is 8.97. The molecular formula is C8H15ClN2O2. The highest BCUT2D eigenvalue weighted by molar-refractivity contribution is 6.36. The number of hydrogen-bond acceptors (Lipinski definition) is 3. The Morgan fingerprint density at radius 1 is 1.38 bits per heavy atom. The van der Waals surface area contributed by atoms with Crippen molar-refractivity contribution in [2.45, 2.75) is 31.7 Å². The first-order valence-corrected chi connectivity index (χ1v) is 4.28. The van der Waals surface area contributed by atoms with Gasteiger partial charge in [0.2, 0.25) is 5.78 Å². The molecule has 0 unspecified atom stereocenters. The topological polar surface area (TPSA) is 72.2 Å². The molecule has 0 saturated heterocycles. The van der Waals surface area contributed by atoms with E-state index in [1.54, 1.807) is 0 Å². The Balaban J connectivity index is 0.00000144. The summed E-state index contributed by atoms with van der Waals surface area (Å²) in [6, 6.07) is 0.263. The Bertz CT molecular complexity index is 193. The van der Waals surface area contributed by atoms with E-state index in [0.29, 0.717) is 13.0 Å². The van der Waals surface area contributed by atoms with Gasteiger partial charge in [0, 0.05) is 12.5 Å². The van der Waals surface area contributed by atoms with Crippen LogP contribution in [0.4, 0.5) is 0 Å². The van der Waals surface area contributed by atoms with Crippen molar-refractivity contribution in [3.05, 3.63) is 0 Å². The largest absolute Gasteiger partial charge is 0.347 e. The molecule has 0 aromatic heterocycles. The predicted octanol–water partition coefficient (Wildman–Crippen LogP) is -0.00520. The number of nitrogens with one attached hydrogen (secondary N) is 1. The van der Waals surface area contributed by atoms with Crippen molar-refractivity contribution in [2.75, 3.05) is 6.54 Å². The molecule has 1 rings (SSSR count). The average Bonchev–Trinajstić information content (AvgIpc) is 2.83. The molecule has 4 nitrogen and oxygen atoms in total. The van der Waals surface area contributed by atoms with Crippen molar-refractivity contribution in [1.29, 1.82) is 0 Å². The number of carbonyl (C=O) groups excluding carboxylic acids is 2. The van der Waals surface area contributed by atoms with Crippen LogP contribution in [0.15, 0.2) is 0 Å². The highest BCUT2D eigenvalue weighted by atomic mass is 35.5. The van der Waals surface area contributed by atoms with Gasteiger partial charge in [-0.25, -0.2) is 0 Å². The molecule has 0 aliphatic heterocycles. The lowest BCUT2D eigenvalue weighted by molar-refractivity contribution is -0.138. The molecule has 0 radical (unpaired) electrons. The fourth-order valence-corrected chi connectivity index (χ4v) is 0.870. The predicted molar refractivity (Wildman–Crippen MR) is 51.7 cm³/mol. The quantitative estimate of drug-likeness (QED) is 0.622. The van der Waals surface area contributed by atoms with E-state index in [2.05, 4.69) is 5.32 Å². The fourth-order valence-electron chi connectivity index (χ4n) is 0.870. The molecule has 0 spiro atoms. The van der Waals surface area contributed by atoms with Crippen molar-refractivity contribution < 1.29 is 9.59 Å². The van der Waals surface area contributed by atoms with Gasteiger partial charge in [-0.2, -0.15) is 0 Å². The van der Waals surface area contributed by atoms with Gasteiger partial charge in [0.15, 0.2) is 0 Å². The first kappa shape index (κ1) is 12.4. The van der Waals surface area contributed by atoms with Gasteiger partial charge >= 0.3 is 0 Å². The maximum Gasteiger partial charge on any atom is 0.287 e. The molecule has 13 heavy (non-hydrogen) atoms. The van der Waals surface area contributed by atoms with Crippen LogP contribution in [0.25, 0.3) is 0 Å². The van der Waals surface area contributed by atoms with Gasteiger partial charge in [-0.15, -0.1) is 12.4 Å². The average molecular weight is 207 g/mol. The summed E-state index contributed by atoms with van der Waals surface area (Å²) in [5, 5.41) is 2.63. The first-order valence-electron chi connectivity index (χ1n) is 4.28. The second kappa shape index (κ2) is 5.94. The molecule has 1 saturated carbocycles.